The summed E-state index contributed by atoms with van der Waals surface area (Å²) in [5, 5.41) is -0.786. The lowest BCUT2D eigenvalue weighted by molar-refractivity contribution is -0.140. The molecule has 18 heavy (non-hydrogen) atoms. The van der Waals surface area contributed by atoms with Gasteiger partial charge < -0.3 is 4.74 Å². The molecular weight excluding hydrogens is 252 g/mol. The Morgan fingerprint density at radius 1 is 1.33 bits per heavy atom. The minimum absolute atomic E-state index is 0.133. The lowest BCUT2D eigenvalue weighted by atomic mass is 10.2. The number of sulfone groups is 1. The van der Waals surface area contributed by atoms with E-state index in [1.54, 1.807) is 19.1 Å². The van der Waals surface area contributed by atoms with Crippen LogP contribution in [0.4, 0.5) is 0 Å². The van der Waals surface area contributed by atoms with Gasteiger partial charge in [0.15, 0.2) is 9.84 Å². The zero-order valence-corrected chi connectivity index (χ0v) is 11.9. The van der Waals surface area contributed by atoms with Crippen molar-refractivity contribution in [3.8, 4) is 0 Å². The van der Waals surface area contributed by atoms with E-state index in [0.29, 0.717) is 5.56 Å². The summed E-state index contributed by atoms with van der Waals surface area (Å²) in [6.45, 7) is 5.18. The molecule has 0 fully saturated rings. The van der Waals surface area contributed by atoms with Crippen molar-refractivity contribution < 1.29 is 17.9 Å². The van der Waals surface area contributed by atoms with E-state index >= 15 is 0 Å². The normalized spacial score (nSPS) is 13.1. The fourth-order valence-corrected chi connectivity index (χ4v) is 3.32. The summed E-state index contributed by atoms with van der Waals surface area (Å²) in [6, 6.07) is 5.16. The first-order chi connectivity index (χ1) is 8.28. The molecule has 0 amide bonds. The smallest absolute Gasteiger partial charge is 0.306 e. The number of aryl methyl sites for hydroxylation is 2. The fourth-order valence-electron chi connectivity index (χ4n) is 1.76. The van der Waals surface area contributed by atoms with Gasteiger partial charge in [-0.25, -0.2) is 8.42 Å². The molecule has 4 nitrogen and oxygen atoms in total. The highest BCUT2D eigenvalue weighted by molar-refractivity contribution is 7.92. The van der Waals surface area contributed by atoms with Crippen LogP contribution < -0.4 is 0 Å². The minimum atomic E-state index is -3.49. The maximum atomic E-state index is 12.3. The highest BCUT2D eigenvalue weighted by Crippen LogP contribution is 2.22. The van der Waals surface area contributed by atoms with Gasteiger partial charge in [0.05, 0.1) is 23.7 Å². The fraction of sp³-hybridized carbons (Fsp3) is 0.462. The predicted octanol–water partition coefficient (Wildman–Crippen LogP) is 2.03. The molecular formula is C13H18O4S. The van der Waals surface area contributed by atoms with Gasteiger partial charge in [-0.1, -0.05) is 17.7 Å². The molecule has 0 radical (unpaired) electrons. The summed E-state index contributed by atoms with van der Waals surface area (Å²) in [5.74, 6) is -0.518. The largest absolute Gasteiger partial charge is 0.469 e. The van der Waals surface area contributed by atoms with Gasteiger partial charge in [0, 0.05) is 0 Å². The highest BCUT2D eigenvalue weighted by Gasteiger charge is 2.27. The molecule has 1 unspecified atom stereocenters. The Kier molecular flexibility index (Phi) is 4.51. The molecule has 0 aliphatic heterocycles. The van der Waals surface area contributed by atoms with E-state index in [2.05, 4.69) is 4.74 Å². The Morgan fingerprint density at radius 2 is 1.94 bits per heavy atom. The van der Waals surface area contributed by atoms with E-state index in [-0.39, 0.29) is 11.3 Å². The van der Waals surface area contributed by atoms with Gasteiger partial charge in [0.1, 0.15) is 0 Å². The summed E-state index contributed by atoms with van der Waals surface area (Å²) in [6.07, 6.45) is -0.133. The van der Waals surface area contributed by atoms with Crippen molar-refractivity contribution in [3.63, 3.8) is 0 Å². The van der Waals surface area contributed by atoms with Crippen LogP contribution in [0.5, 0.6) is 0 Å². The summed E-state index contributed by atoms with van der Waals surface area (Å²) in [4.78, 5) is 11.4. The Bertz CT molecular complexity index is 546. The number of carbonyl (C=O) groups excluding carboxylic acids is 1. The molecule has 0 saturated heterocycles. The summed E-state index contributed by atoms with van der Waals surface area (Å²) in [7, 11) is -2.24. The molecule has 0 aliphatic carbocycles. The third kappa shape index (κ3) is 3.10. The van der Waals surface area contributed by atoms with Crippen molar-refractivity contribution in [3.05, 3.63) is 29.3 Å². The van der Waals surface area contributed by atoms with Crippen molar-refractivity contribution in [2.75, 3.05) is 7.11 Å². The molecule has 1 atom stereocenters. The van der Waals surface area contributed by atoms with Crippen molar-refractivity contribution >= 4 is 15.8 Å². The second kappa shape index (κ2) is 5.52. The van der Waals surface area contributed by atoms with Crippen LogP contribution in [-0.4, -0.2) is 26.7 Å². The summed E-state index contributed by atoms with van der Waals surface area (Å²) in [5.41, 5.74) is 1.71. The molecule has 0 bridgehead atoms. The first-order valence-corrected chi connectivity index (χ1v) is 7.21. The molecule has 1 aromatic carbocycles. The van der Waals surface area contributed by atoms with Gasteiger partial charge in [-0.15, -0.1) is 0 Å². The second-order valence-corrected chi connectivity index (χ2v) is 6.74. The maximum absolute atomic E-state index is 12.3. The molecule has 1 aromatic rings. The maximum Gasteiger partial charge on any atom is 0.306 e. The van der Waals surface area contributed by atoms with Gasteiger partial charge in [-0.3, -0.25) is 4.79 Å². The Labute approximate surface area is 108 Å². The number of ether oxygens (including phenoxy) is 1. The van der Waals surface area contributed by atoms with Gasteiger partial charge in [0.2, 0.25) is 0 Å². The highest BCUT2D eigenvalue weighted by atomic mass is 32.2. The molecule has 0 saturated carbocycles. The SMILES string of the molecule is COC(=O)CC(C)S(=O)(=O)c1ccc(C)cc1C. The summed E-state index contributed by atoms with van der Waals surface area (Å²) >= 11 is 0. The number of rotatable bonds is 4. The topological polar surface area (TPSA) is 60.4 Å². The average Bonchev–Trinajstić information content (AvgIpc) is 2.28. The lowest BCUT2D eigenvalue weighted by Gasteiger charge is -2.14. The van der Waals surface area contributed by atoms with Crippen molar-refractivity contribution in [1.82, 2.24) is 0 Å². The zero-order valence-electron chi connectivity index (χ0n) is 11.1. The zero-order chi connectivity index (χ0) is 13.9. The quantitative estimate of drug-likeness (QED) is 0.785. The van der Waals surface area contributed by atoms with Gasteiger partial charge in [-0.2, -0.15) is 0 Å². The van der Waals surface area contributed by atoms with E-state index in [1.165, 1.54) is 14.0 Å². The van der Waals surface area contributed by atoms with E-state index < -0.39 is 21.1 Å². The Hall–Kier alpha value is -1.36. The van der Waals surface area contributed by atoms with Gasteiger partial charge in [-0.05, 0) is 32.4 Å². The molecule has 0 N–H and O–H groups in total. The van der Waals surface area contributed by atoms with E-state index in [1.807, 2.05) is 13.0 Å². The van der Waals surface area contributed by atoms with E-state index in [9.17, 15) is 13.2 Å². The van der Waals surface area contributed by atoms with Crippen LogP contribution in [0.25, 0.3) is 0 Å². The standard InChI is InChI=1S/C13H18O4S/c1-9-5-6-12(10(2)7-9)18(15,16)11(3)8-13(14)17-4/h5-7,11H,8H2,1-4H3. The second-order valence-electron chi connectivity index (χ2n) is 4.40. The average molecular weight is 270 g/mol. The monoisotopic (exact) mass is 270 g/mol. The molecule has 0 aliphatic rings. The van der Waals surface area contributed by atoms with Crippen molar-refractivity contribution in [1.29, 1.82) is 0 Å². The van der Waals surface area contributed by atoms with Crippen LogP contribution in [0.2, 0.25) is 0 Å². The van der Waals surface area contributed by atoms with Crippen LogP contribution in [0.1, 0.15) is 24.5 Å². The van der Waals surface area contributed by atoms with Crippen LogP contribution >= 0.6 is 0 Å². The number of methoxy groups -OCH3 is 1. The van der Waals surface area contributed by atoms with Gasteiger partial charge >= 0.3 is 5.97 Å². The number of hydrogen-bond acceptors (Lipinski definition) is 4. The summed E-state index contributed by atoms with van der Waals surface area (Å²) < 4.78 is 29.1. The van der Waals surface area contributed by atoms with Gasteiger partial charge in [0.25, 0.3) is 0 Å². The van der Waals surface area contributed by atoms with Crippen LogP contribution in [0.15, 0.2) is 23.1 Å². The molecule has 5 heteroatoms. The van der Waals surface area contributed by atoms with Crippen molar-refractivity contribution in [2.24, 2.45) is 0 Å². The van der Waals surface area contributed by atoms with Crippen LogP contribution in [-0.2, 0) is 19.4 Å². The van der Waals surface area contributed by atoms with Crippen LogP contribution in [0, 0.1) is 13.8 Å². The molecule has 1 rings (SSSR count). The number of benzene rings is 1. The van der Waals surface area contributed by atoms with Crippen molar-refractivity contribution in [2.45, 2.75) is 37.3 Å². The molecule has 0 heterocycles. The molecule has 0 aromatic heterocycles. The minimum Gasteiger partial charge on any atom is -0.469 e. The first-order valence-electron chi connectivity index (χ1n) is 5.67. The third-order valence-corrected chi connectivity index (χ3v) is 5.15. The Balaban J connectivity index is 3.09. The number of hydrogen-bond donors (Lipinski definition) is 0. The molecule has 100 valence electrons. The molecule has 0 spiro atoms. The number of esters is 1. The van der Waals surface area contributed by atoms with E-state index in [0.717, 1.165) is 5.56 Å². The van der Waals surface area contributed by atoms with Crippen LogP contribution in [0.3, 0.4) is 0 Å². The number of carbonyl (C=O) groups is 1. The lowest BCUT2D eigenvalue weighted by Crippen LogP contribution is -2.23. The predicted molar refractivity (Wildman–Crippen MR) is 69.2 cm³/mol. The Morgan fingerprint density at radius 3 is 2.44 bits per heavy atom. The first kappa shape index (κ1) is 14.7. The van der Waals surface area contributed by atoms with E-state index in [4.69, 9.17) is 0 Å². The third-order valence-electron chi connectivity index (χ3n) is 2.85.